The van der Waals surface area contributed by atoms with Crippen molar-refractivity contribution in [1.82, 2.24) is 0 Å². The van der Waals surface area contributed by atoms with Gasteiger partial charge in [0.25, 0.3) is 0 Å². The maximum absolute atomic E-state index is 6.48. The highest BCUT2D eigenvalue weighted by molar-refractivity contribution is 4.94. The topological polar surface area (TPSA) is 102 Å². The zero-order chi connectivity index (χ0) is 24.1. The Hall–Kier alpha value is -0.440. The summed E-state index contributed by atoms with van der Waals surface area (Å²) < 4.78 is 62.9. The first-order valence-electron chi connectivity index (χ1n) is 10.5. The van der Waals surface area contributed by atoms with E-state index < -0.39 is 55.1 Å². The highest BCUT2D eigenvalue weighted by Gasteiger charge is 2.50. The van der Waals surface area contributed by atoms with Crippen LogP contribution in [0, 0.1) is 0 Å². The second-order valence-electron chi connectivity index (χ2n) is 7.36. The van der Waals surface area contributed by atoms with Crippen molar-refractivity contribution < 1.29 is 52.1 Å². The number of ether oxygens (including phenoxy) is 11. The van der Waals surface area contributed by atoms with Gasteiger partial charge in [0.05, 0.1) is 19.8 Å². The third kappa shape index (κ3) is 7.54. The van der Waals surface area contributed by atoms with Crippen LogP contribution in [0.5, 0.6) is 0 Å². The molecule has 1 fully saturated rings. The van der Waals surface area contributed by atoms with Gasteiger partial charge in [-0.2, -0.15) is 0 Å². The van der Waals surface area contributed by atoms with E-state index in [1.807, 2.05) is 0 Å². The van der Waals surface area contributed by atoms with Gasteiger partial charge < -0.3 is 52.1 Å². The Balaban J connectivity index is 3.30. The van der Waals surface area contributed by atoms with E-state index in [9.17, 15) is 0 Å². The molecule has 0 spiro atoms. The standard InChI is InChI=1S/C21H42O11/c1-22-10-13(25-4)16(27-6)18(14(26-5)11-23-2)32-21-20(30-9)19(29-8)17(28-7)15(31-21)12-24-3/h13-21H,10-12H2,1-9H3/t13-,14+,15-,16+,17+,18-,19+,20-,21-/m1/s1. The molecule has 1 heterocycles. The first kappa shape index (κ1) is 29.6. The van der Waals surface area contributed by atoms with Crippen LogP contribution in [-0.4, -0.2) is 139 Å². The number of methoxy groups -OCH3 is 9. The number of hydrogen-bond donors (Lipinski definition) is 0. The van der Waals surface area contributed by atoms with E-state index in [-0.39, 0.29) is 19.8 Å². The van der Waals surface area contributed by atoms with E-state index in [4.69, 9.17) is 52.1 Å². The van der Waals surface area contributed by atoms with Crippen molar-refractivity contribution in [2.24, 2.45) is 0 Å². The Morgan fingerprint density at radius 3 is 1.53 bits per heavy atom. The Morgan fingerprint density at radius 1 is 0.594 bits per heavy atom. The van der Waals surface area contributed by atoms with Crippen LogP contribution in [0.2, 0.25) is 0 Å². The maximum Gasteiger partial charge on any atom is 0.187 e. The van der Waals surface area contributed by atoms with E-state index >= 15 is 0 Å². The third-order valence-electron chi connectivity index (χ3n) is 5.63. The molecule has 0 bridgehead atoms. The molecule has 11 nitrogen and oxygen atoms in total. The average molecular weight is 471 g/mol. The molecule has 0 saturated carbocycles. The molecule has 0 unspecified atom stereocenters. The molecule has 0 aromatic rings. The first-order chi connectivity index (χ1) is 15.5. The summed E-state index contributed by atoms with van der Waals surface area (Å²) >= 11 is 0. The van der Waals surface area contributed by atoms with Crippen molar-refractivity contribution >= 4 is 0 Å². The van der Waals surface area contributed by atoms with Gasteiger partial charge in [-0.3, -0.25) is 0 Å². The Kier molecular flexibility index (Phi) is 15.0. The summed E-state index contributed by atoms with van der Waals surface area (Å²) in [5, 5.41) is 0. The predicted octanol–water partition coefficient (Wildman–Crippen LogP) is 0.126. The molecule has 192 valence electrons. The quantitative estimate of drug-likeness (QED) is 0.290. The maximum atomic E-state index is 6.48. The summed E-state index contributed by atoms with van der Waals surface area (Å²) in [6.07, 6.45) is -4.93. The van der Waals surface area contributed by atoms with Crippen LogP contribution >= 0.6 is 0 Å². The van der Waals surface area contributed by atoms with E-state index in [1.165, 1.54) is 0 Å². The zero-order valence-electron chi connectivity index (χ0n) is 20.8. The highest BCUT2D eigenvalue weighted by atomic mass is 16.7. The lowest BCUT2D eigenvalue weighted by Crippen LogP contribution is -2.63. The molecular weight excluding hydrogens is 428 g/mol. The van der Waals surface area contributed by atoms with Gasteiger partial charge in [0.1, 0.15) is 48.8 Å². The van der Waals surface area contributed by atoms with Crippen LogP contribution < -0.4 is 0 Å². The first-order valence-corrected chi connectivity index (χ1v) is 10.5. The van der Waals surface area contributed by atoms with Crippen LogP contribution in [0.4, 0.5) is 0 Å². The predicted molar refractivity (Wildman–Crippen MR) is 114 cm³/mol. The van der Waals surface area contributed by atoms with Crippen LogP contribution in [0.25, 0.3) is 0 Å². The van der Waals surface area contributed by atoms with Crippen molar-refractivity contribution in [1.29, 1.82) is 0 Å². The van der Waals surface area contributed by atoms with Gasteiger partial charge in [-0.25, -0.2) is 0 Å². The molecular formula is C21H42O11. The van der Waals surface area contributed by atoms with E-state index in [0.29, 0.717) is 0 Å². The number of rotatable bonds is 17. The van der Waals surface area contributed by atoms with Gasteiger partial charge in [0.15, 0.2) is 6.29 Å². The molecule has 0 aliphatic carbocycles. The fourth-order valence-corrected chi connectivity index (χ4v) is 4.04. The molecule has 0 aromatic heterocycles. The van der Waals surface area contributed by atoms with Gasteiger partial charge in [-0.1, -0.05) is 0 Å². The summed E-state index contributed by atoms with van der Waals surface area (Å²) in [6, 6.07) is 0. The van der Waals surface area contributed by atoms with Crippen LogP contribution in [-0.2, 0) is 52.1 Å². The molecule has 11 heteroatoms. The van der Waals surface area contributed by atoms with E-state index in [0.717, 1.165) is 0 Å². The summed E-state index contributed by atoms with van der Waals surface area (Å²) in [5.74, 6) is 0. The van der Waals surface area contributed by atoms with Crippen molar-refractivity contribution in [2.75, 3.05) is 83.8 Å². The summed E-state index contributed by atoms with van der Waals surface area (Å²) in [6.45, 7) is 0.824. The molecule has 1 saturated heterocycles. The molecule has 1 aliphatic rings. The molecule has 0 radical (unpaired) electrons. The zero-order valence-corrected chi connectivity index (χ0v) is 20.8. The minimum absolute atomic E-state index is 0.255. The largest absolute Gasteiger partial charge is 0.382 e. The molecule has 0 N–H and O–H groups in total. The third-order valence-corrected chi connectivity index (χ3v) is 5.63. The molecule has 32 heavy (non-hydrogen) atoms. The lowest BCUT2D eigenvalue weighted by atomic mass is 9.97. The molecule has 0 aromatic carbocycles. The molecule has 1 rings (SSSR count). The summed E-state index contributed by atoms with van der Waals surface area (Å²) in [4.78, 5) is 0. The van der Waals surface area contributed by atoms with Gasteiger partial charge >= 0.3 is 0 Å². The van der Waals surface area contributed by atoms with Crippen LogP contribution in [0.3, 0.4) is 0 Å². The van der Waals surface area contributed by atoms with Gasteiger partial charge in [0, 0.05) is 64.0 Å². The SMILES string of the molecule is COC[C@H](OC)[C@@H](O[C@H]1O[C@H](COC)[C@H](OC)[C@H](OC)[C@H]1OC)[C@@H](OC)[C@@H](COC)OC. The Morgan fingerprint density at radius 2 is 1.12 bits per heavy atom. The second kappa shape index (κ2) is 16.2. The fourth-order valence-electron chi connectivity index (χ4n) is 4.04. The fraction of sp³-hybridized carbons (Fsp3) is 1.00. The monoisotopic (exact) mass is 470 g/mol. The Bertz CT molecular complexity index is 469. The highest BCUT2D eigenvalue weighted by Crippen LogP contribution is 2.31. The molecule has 1 aliphatic heterocycles. The summed E-state index contributed by atoms with van der Waals surface area (Å²) in [5.41, 5.74) is 0. The lowest BCUT2D eigenvalue weighted by Gasteiger charge is -2.46. The minimum Gasteiger partial charge on any atom is -0.382 e. The normalized spacial score (nSPS) is 30.1. The van der Waals surface area contributed by atoms with E-state index in [1.54, 1.807) is 64.0 Å². The van der Waals surface area contributed by atoms with Crippen molar-refractivity contribution in [2.45, 2.75) is 55.1 Å². The number of hydrogen-bond acceptors (Lipinski definition) is 11. The summed E-state index contributed by atoms with van der Waals surface area (Å²) in [7, 11) is 14.2. The van der Waals surface area contributed by atoms with Crippen LogP contribution in [0.15, 0.2) is 0 Å². The average Bonchev–Trinajstić information content (AvgIpc) is 2.81. The smallest absolute Gasteiger partial charge is 0.187 e. The van der Waals surface area contributed by atoms with Gasteiger partial charge in [-0.05, 0) is 0 Å². The van der Waals surface area contributed by atoms with Crippen molar-refractivity contribution in [3.05, 3.63) is 0 Å². The Labute approximate surface area is 191 Å². The van der Waals surface area contributed by atoms with Crippen molar-refractivity contribution in [3.63, 3.8) is 0 Å². The molecule has 0 amide bonds. The molecule has 9 atom stereocenters. The second-order valence-corrected chi connectivity index (χ2v) is 7.36. The minimum atomic E-state index is -0.839. The van der Waals surface area contributed by atoms with Gasteiger partial charge in [0.2, 0.25) is 0 Å². The van der Waals surface area contributed by atoms with Gasteiger partial charge in [-0.15, -0.1) is 0 Å². The van der Waals surface area contributed by atoms with E-state index in [2.05, 4.69) is 0 Å². The lowest BCUT2D eigenvalue weighted by molar-refractivity contribution is -0.338. The van der Waals surface area contributed by atoms with Crippen LogP contribution in [0.1, 0.15) is 0 Å². The van der Waals surface area contributed by atoms with Crippen molar-refractivity contribution in [3.8, 4) is 0 Å².